The van der Waals surface area contributed by atoms with Crippen LogP contribution in [0.1, 0.15) is 5.56 Å². The highest BCUT2D eigenvalue weighted by molar-refractivity contribution is 8.24. The van der Waals surface area contributed by atoms with Crippen LogP contribution in [0, 0.1) is 0 Å². The normalized spacial score (nSPS) is 13.6. The molecule has 0 unspecified atom stereocenters. The topological polar surface area (TPSA) is 0 Å². The van der Waals surface area contributed by atoms with Gasteiger partial charge in [0.15, 0.2) is 0 Å². The average Bonchev–Trinajstić information content (AvgIpc) is 2.74. The Morgan fingerprint density at radius 3 is 2.00 bits per heavy atom. The monoisotopic (exact) mass is 276 g/mol. The van der Waals surface area contributed by atoms with E-state index in [1.807, 2.05) is 47.8 Å². The zero-order valence-corrected chi connectivity index (χ0v) is 11.3. The lowest BCUT2D eigenvalue weighted by Gasteiger charge is -1.96. The molecular weight excluding hydrogens is 268 g/mol. The molecule has 0 N–H and O–H groups in total. The standard InChI is InChI=1S/C14H9ClS2/c15-11-7-5-10(6-8-11)9-14-16-12-3-1-2-4-13(12)17-14/h1-9H. The number of hydrogen-bond acceptors (Lipinski definition) is 2. The minimum absolute atomic E-state index is 0.780. The van der Waals surface area contributed by atoms with Crippen LogP contribution in [0.5, 0.6) is 0 Å². The molecule has 3 rings (SSSR count). The molecule has 2 aromatic carbocycles. The lowest BCUT2D eigenvalue weighted by atomic mass is 10.2. The lowest BCUT2D eigenvalue weighted by molar-refractivity contribution is 1.27. The zero-order valence-electron chi connectivity index (χ0n) is 8.89. The molecule has 0 nitrogen and oxygen atoms in total. The maximum atomic E-state index is 5.87. The van der Waals surface area contributed by atoms with Crippen LogP contribution in [0.3, 0.4) is 0 Å². The first-order chi connectivity index (χ1) is 8.31. The fourth-order valence-electron chi connectivity index (χ4n) is 1.61. The summed E-state index contributed by atoms with van der Waals surface area (Å²) in [6.07, 6.45) is 2.20. The van der Waals surface area contributed by atoms with Crippen LogP contribution in [0.15, 0.2) is 62.6 Å². The third-order valence-corrected chi connectivity index (χ3v) is 5.10. The predicted octanol–water partition coefficient (Wildman–Crippen LogP) is 5.54. The van der Waals surface area contributed by atoms with Crippen LogP contribution in [-0.4, -0.2) is 0 Å². The van der Waals surface area contributed by atoms with Gasteiger partial charge in [-0.2, -0.15) is 0 Å². The van der Waals surface area contributed by atoms with Gasteiger partial charge in [0.2, 0.25) is 0 Å². The lowest BCUT2D eigenvalue weighted by Crippen LogP contribution is -1.71. The fraction of sp³-hybridized carbons (Fsp3) is 0. The summed E-state index contributed by atoms with van der Waals surface area (Å²) in [5.74, 6) is 0. The number of hydrogen-bond donors (Lipinski definition) is 0. The molecule has 0 fully saturated rings. The first kappa shape index (κ1) is 11.3. The van der Waals surface area contributed by atoms with Crippen molar-refractivity contribution in [1.82, 2.24) is 0 Å². The summed E-state index contributed by atoms with van der Waals surface area (Å²) in [7, 11) is 0. The summed E-state index contributed by atoms with van der Waals surface area (Å²) in [4.78, 5) is 2.69. The molecule has 17 heavy (non-hydrogen) atoms. The van der Waals surface area contributed by atoms with E-state index in [0.717, 1.165) is 5.02 Å². The highest BCUT2D eigenvalue weighted by atomic mass is 35.5. The van der Waals surface area contributed by atoms with Crippen molar-refractivity contribution in [3.63, 3.8) is 0 Å². The maximum Gasteiger partial charge on any atom is 0.0505 e. The molecule has 0 bridgehead atoms. The number of fused-ring (bicyclic) bond motifs is 1. The van der Waals surface area contributed by atoms with E-state index >= 15 is 0 Å². The summed E-state index contributed by atoms with van der Waals surface area (Å²) < 4.78 is 1.31. The van der Waals surface area contributed by atoms with E-state index in [1.165, 1.54) is 19.6 Å². The van der Waals surface area contributed by atoms with Crippen LogP contribution >= 0.6 is 35.1 Å². The molecule has 0 aliphatic carbocycles. The maximum absolute atomic E-state index is 5.87. The second-order valence-corrected chi connectivity index (χ2v) is 6.53. The highest BCUT2D eigenvalue weighted by Gasteiger charge is 2.16. The first-order valence-electron chi connectivity index (χ1n) is 5.23. The highest BCUT2D eigenvalue weighted by Crippen LogP contribution is 2.51. The van der Waals surface area contributed by atoms with Crippen molar-refractivity contribution >= 4 is 41.2 Å². The molecule has 2 aromatic rings. The molecule has 0 spiro atoms. The molecule has 0 aromatic heterocycles. The van der Waals surface area contributed by atoms with E-state index in [9.17, 15) is 0 Å². The Morgan fingerprint density at radius 1 is 0.824 bits per heavy atom. The van der Waals surface area contributed by atoms with Gasteiger partial charge in [-0.15, -0.1) is 0 Å². The molecular formula is C14H9ClS2. The van der Waals surface area contributed by atoms with Gasteiger partial charge in [0.05, 0.1) is 4.24 Å². The van der Waals surface area contributed by atoms with Crippen molar-refractivity contribution in [1.29, 1.82) is 0 Å². The number of rotatable bonds is 1. The van der Waals surface area contributed by atoms with Gasteiger partial charge in [-0.25, -0.2) is 0 Å². The van der Waals surface area contributed by atoms with Crippen molar-refractivity contribution < 1.29 is 0 Å². The Balaban J connectivity index is 1.87. The van der Waals surface area contributed by atoms with E-state index in [0.29, 0.717) is 0 Å². The Kier molecular flexibility index (Phi) is 3.19. The number of thioether (sulfide) groups is 2. The van der Waals surface area contributed by atoms with Gasteiger partial charge in [0.1, 0.15) is 0 Å². The number of halogens is 1. The van der Waals surface area contributed by atoms with E-state index in [1.54, 1.807) is 0 Å². The van der Waals surface area contributed by atoms with Gasteiger partial charge in [-0.3, -0.25) is 0 Å². The molecule has 1 aliphatic heterocycles. The van der Waals surface area contributed by atoms with Crippen LogP contribution in [0.2, 0.25) is 5.02 Å². The van der Waals surface area contributed by atoms with E-state index in [4.69, 9.17) is 11.6 Å². The molecule has 0 saturated heterocycles. The first-order valence-corrected chi connectivity index (χ1v) is 7.24. The molecule has 0 radical (unpaired) electrons. The summed E-state index contributed by atoms with van der Waals surface area (Å²) in [6.45, 7) is 0. The van der Waals surface area contributed by atoms with E-state index < -0.39 is 0 Å². The molecule has 0 saturated carbocycles. The molecule has 0 amide bonds. The van der Waals surface area contributed by atoms with Gasteiger partial charge < -0.3 is 0 Å². The Morgan fingerprint density at radius 2 is 1.41 bits per heavy atom. The minimum Gasteiger partial charge on any atom is -0.0843 e. The van der Waals surface area contributed by atoms with Crippen molar-refractivity contribution in [3.8, 4) is 0 Å². The summed E-state index contributed by atoms with van der Waals surface area (Å²) >= 11 is 9.52. The Hall–Kier alpha value is -0.830. The van der Waals surface area contributed by atoms with E-state index in [-0.39, 0.29) is 0 Å². The third-order valence-electron chi connectivity index (χ3n) is 2.42. The second-order valence-electron chi connectivity index (χ2n) is 3.67. The average molecular weight is 277 g/mol. The van der Waals surface area contributed by atoms with Gasteiger partial charge in [-0.05, 0) is 35.9 Å². The van der Waals surface area contributed by atoms with Crippen molar-refractivity contribution in [2.24, 2.45) is 0 Å². The number of benzene rings is 2. The summed E-state index contributed by atoms with van der Waals surface area (Å²) in [5.41, 5.74) is 1.19. The SMILES string of the molecule is Clc1ccc(C=C2Sc3ccccc3S2)cc1. The quantitative estimate of drug-likeness (QED) is 0.671. The van der Waals surface area contributed by atoms with Crippen molar-refractivity contribution in [2.75, 3.05) is 0 Å². The van der Waals surface area contributed by atoms with Crippen molar-refractivity contribution in [2.45, 2.75) is 9.79 Å². The minimum atomic E-state index is 0.780. The van der Waals surface area contributed by atoms with Gasteiger partial charge in [0, 0.05) is 14.8 Å². The third kappa shape index (κ3) is 2.54. The van der Waals surface area contributed by atoms with E-state index in [2.05, 4.69) is 30.3 Å². The van der Waals surface area contributed by atoms with Gasteiger partial charge >= 0.3 is 0 Å². The second kappa shape index (κ2) is 4.81. The molecule has 1 aliphatic rings. The van der Waals surface area contributed by atoms with Crippen LogP contribution in [0.25, 0.3) is 6.08 Å². The van der Waals surface area contributed by atoms with Gasteiger partial charge in [-0.1, -0.05) is 59.4 Å². The largest absolute Gasteiger partial charge is 0.0843 e. The van der Waals surface area contributed by atoms with Gasteiger partial charge in [0.25, 0.3) is 0 Å². The summed E-state index contributed by atoms with van der Waals surface area (Å²) in [6, 6.07) is 16.4. The summed E-state index contributed by atoms with van der Waals surface area (Å²) in [5, 5.41) is 0.780. The molecule has 84 valence electrons. The predicted molar refractivity (Wildman–Crippen MR) is 77.6 cm³/mol. The van der Waals surface area contributed by atoms with Crippen LogP contribution in [-0.2, 0) is 0 Å². The molecule has 1 heterocycles. The Bertz CT molecular complexity index is 546. The molecule has 3 heteroatoms. The fourth-order valence-corrected chi connectivity index (χ4v) is 4.15. The Labute approximate surface area is 114 Å². The van der Waals surface area contributed by atoms with Crippen LogP contribution in [0.4, 0.5) is 0 Å². The smallest absolute Gasteiger partial charge is 0.0505 e. The van der Waals surface area contributed by atoms with Crippen molar-refractivity contribution in [3.05, 3.63) is 63.4 Å². The zero-order chi connectivity index (χ0) is 11.7. The van der Waals surface area contributed by atoms with Crippen LogP contribution < -0.4 is 0 Å². The molecule has 0 atom stereocenters.